The van der Waals surface area contributed by atoms with Crippen LogP contribution in [0, 0.1) is 17.8 Å². The Morgan fingerprint density at radius 2 is 1.54 bits per heavy atom. The third-order valence-electron chi connectivity index (χ3n) is 3.82. The van der Waals surface area contributed by atoms with E-state index in [-0.39, 0.29) is 36.1 Å². The minimum atomic E-state index is -3.03. The molecule has 0 radical (unpaired) electrons. The first kappa shape index (κ1) is 28.8. The highest BCUT2D eigenvalue weighted by Gasteiger charge is 2.32. The van der Waals surface area contributed by atoms with E-state index >= 15 is 0 Å². The van der Waals surface area contributed by atoms with E-state index in [1.54, 1.807) is 7.05 Å². The third kappa shape index (κ3) is 13.7. The topological polar surface area (TPSA) is 148 Å². The molecular formula is C18H38N3O6P. The minimum absolute atomic E-state index is 0.0894. The van der Waals surface area contributed by atoms with Gasteiger partial charge in [-0.25, -0.2) is 0 Å². The molecule has 28 heavy (non-hydrogen) atoms. The molecule has 0 bridgehead atoms. The van der Waals surface area contributed by atoms with Gasteiger partial charge in [0.25, 0.3) is 5.97 Å². The first-order chi connectivity index (χ1) is 12.8. The Hall–Kier alpha value is -1.44. The Kier molecular flexibility index (Phi) is 14.9. The van der Waals surface area contributed by atoms with Crippen molar-refractivity contribution in [1.29, 1.82) is 0 Å². The average molecular weight is 423 g/mol. The second kappa shape index (κ2) is 14.5. The van der Waals surface area contributed by atoms with Crippen LogP contribution in [0.15, 0.2) is 0 Å². The summed E-state index contributed by atoms with van der Waals surface area (Å²) in [5.41, 5.74) is 5.55. The highest BCUT2D eigenvalue weighted by atomic mass is 31.2. The summed E-state index contributed by atoms with van der Waals surface area (Å²) >= 11 is 0. The third-order valence-corrected chi connectivity index (χ3v) is 6.04. The van der Waals surface area contributed by atoms with Crippen LogP contribution in [0.1, 0.15) is 47.5 Å². The van der Waals surface area contributed by atoms with Gasteiger partial charge >= 0.3 is 0 Å². The zero-order valence-corrected chi connectivity index (χ0v) is 19.0. The van der Waals surface area contributed by atoms with Gasteiger partial charge in [0.15, 0.2) is 0 Å². The lowest BCUT2D eigenvalue weighted by atomic mass is 9.96. The number of nitrogens with two attached hydrogens (primary N) is 1. The number of hydrogen-bond donors (Lipinski definition) is 4. The van der Waals surface area contributed by atoms with Crippen LogP contribution in [0.3, 0.4) is 0 Å². The summed E-state index contributed by atoms with van der Waals surface area (Å²) in [5.74, 6) is -1.34. The summed E-state index contributed by atoms with van der Waals surface area (Å²) in [5, 5.41) is 12.8. The van der Waals surface area contributed by atoms with Gasteiger partial charge in [0.05, 0.1) is 6.29 Å². The number of likely N-dealkylation sites (N-methyl/N-ethyl adjacent to an activating group) is 1. The van der Waals surface area contributed by atoms with E-state index in [0.717, 1.165) is 6.92 Å². The van der Waals surface area contributed by atoms with E-state index < -0.39 is 25.3 Å². The number of amides is 2. The van der Waals surface area contributed by atoms with E-state index in [2.05, 4.69) is 10.6 Å². The Morgan fingerprint density at radius 3 is 1.86 bits per heavy atom. The van der Waals surface area contributed by atoms with Gasteiger partial charge in [-0.3, -0.25) is 18.9 Å². The second-order valence-electron chi connectivity index (χ2n) is 7.51. The van der Waals surface area contributed by atoms with Crippen molar-refractivity contribution in [2.75, 3.05) is 26.6 Å². The minimum Gasteiger partial charge on any atom is -0.481 e. The van der Waals surface area contributed by atoms with Crippen molar-refractivity contribution in [1.82, 2.24) is 10.6 Å². The van der Waals surface area contributed by atoms with E-state index in [4.69, 9.17) is 20.2 Å². The van der Waals surface area contributed by atoms with Crippen LogP contribution < -0.4 is 16.4 Å². The van der Waals surface area contributed by atoms with Crippen molar-refractivity contribution in [3.05, 3.63) is 0 Å². The van der Waals surface area contributed by atoms with Crippen LogP contribution in [0.2, 0.25) is 0 Å². The van der Waals surface area contributed by atoms with Crippen LogP contribution in [-0.2, 0) is 23.5 Å². The van der Waals surface area contributed by atoms with E-state index in [1.807, 2.05) is 27.7 Å². The number of carbonyl (C=O) groups is 3. The molecule has 0 saturated heterocycles. The lowest BCUT2D eigenvalue weighted by Crippen LogP contribution is -2.49. The number of rotatable bonds is 11. The Labute approximate surface area is 168 Å². The smallest absolute Gasteiger partial charge is 0.300 e. The summed E-state index contributed by atoms with van der Waals surface area (Å²) in [6.07, 6.45) is 1.09. The molecule has 10 heteroatoms. The fourth-order valence-corrected chi connectivity index (χ4v) is 3.99. The molecule has 0 rings (SSSR count). The maximum absolute atomic E-state index is 12.7. The molecule has 0 aromatic heterocycles. The standard InChI is InChI=1S/C16H34N3O4P.C2H4O2/c1-11(2)7-13(9-24(22,10-17)23-6)15(20)19-14(8-12(3)4)16(21)18-5;1-2(3)4/h11-14H,7-10,17H2,1-6H3,(H,18,21)(H,19,20);1H3,(H,3,4)/t13?,14-,24?;/m0./s1. The Morgan fingerprint density at radius 1 is 1.07 bits per heavy atom. The van der Waals surface area contributed by atoms with Gasteiger partial charge < -0.3 is 26.0 Å². The van der Waals surface area contributed by atoms with Crippen LogP contribution >= 0.6 is 7.37 Å². The molecule has 5 N–H and O–H groups in total. The Balaban J connectivity index is 0. The quantitative estimate of drug-likeness (QED) is 0.371. The predicted molar refractivity (Wildman–Crippen MR) is 110 cm³/mol. The van der Waals surface area contributed by atoms with Crippen LogP contribution in [-0.4, -0.2) is 55.5 Å². The number of carboxylic acid groups (broad SMARTS) is 1. The maximum Gasteiger partial charge on any atom is 0.300 e. The molecule has 0 aliphatic heterocycles. The summed E-state index contributed by atoms with van der Waals surface area (Å²) in [6.45, 7) is 9.04. The molecule has 0 aliphatic rings. The van der Waals surface area contributed by atoms with Crippen molar-refractivity contribution in [3.8, 4) is 0 Å². The molecule has 9 nitrogen and oxygen atoms in total. The summed E-state index contributed by atoms with van der Waals surface area (Å²) < 4.78 is 17.6. The molecule has 2 amide bonds. The highest BCUT2D eigenvalue weighted by Crippen LogP contribution is 2.46. The van der Waals surface area contributed by atoms with Crippen molar-refractivity contribution < 1.29 is 28.6 Å². The molecule has 166 valence electrons. The zero-order chi connectivity index (χ0) is 22.5. The van der Waals surface area contributed by atoms with Crippen molar-refractivity contribution in [2.45, 2.75) is 53.5 Å². The fourth-order valence-electron chi connectivity index (χ4n) is 2.56. The molecule has 0 aromatic rings. The van der Waals surface area contributed by atoms with Crippen molar-refractivity contribution >= 4 is 25.2 Å². The lowest BCUT2D eigenvalue weighted by molar-refractivity contribution is -0.134. The first-order valence-corrected chi connectivity index (χ1v) is 11.4. The monoisotopic (exact) mass is 423 g/mol. The number of hydrogen-bond acceptors (Lipinski definition) is 6. The van der Waals surface area contributed by atoms with Crippen molar-refractivity contribution in [3.63, 3.8) is 0 Å². The molecule has 0 aliphatic carbocycles. The molecular weight excluding hydrogens is 385 g/mol. The molecule has 0 aromatic carbocycles. The summed E-state index contributed by atoms with van der Waals surface area (Å²) in [6, 6.07) is -0.600. The van der Waals surface area contributed by atoms with Gasteiger partial charge in [0.2, 0.25) is 19.2 Å². The predicted octanol–water partition coefficient (Wildman–Crippen LogP) is 1.86. The first-order valence-electron chi connectivity index (χ1n) is 9.37. The van der Waals surface area contributed by atoms with Gasteiger partial charge in [-0.1, -0.05) is 27.7 Å². The van der Waals surface area contributed by atoms with E-state index in [9.17, 15) is 14.2 Å². The van der Waals surface area contributed by atoms with Gasteiger partial charge in [-0.15, -0.1) is 0 Å². The number of aliphatic carboxylic acids is 1. The van der Waals surface area contributed by atoms with Crippen LogP contribution in [0.4, 0.5) is 0 Å². The van der Waals surface area contributed by atoms with Crippen LogP contribution in [0.5, 0.6) is 0 Å². The normalized spacial score (nSPS) is 15.1. The van der Waals surface area contributed by atoms with Gasteiger partial charge in [0.1, 0.15) is 6.04 Å². The SMILES string of the molecule is CC(=O)O.CNC(=O)[C@H](CC(C)C)NC(=O)C(CC(C)C)CP(=O)(CN)OC. The summed E-state index contributed by atoms with van der Waals surface area (Å²) in [4.78, 5) is 33.7. The Bertz CT molecular complexity index is 527. The average Bonchev–Trinajstić information content (AvgIpc) is 2.58. The van der Waals surface area contributed by atoms with Gasteiger partial charge in [0, 0.05) is 33.2 Å². The van der Waals surface area contributed by atoms with Gasteiger partial charge in [-0.05, 0) is 24.7 Å². The van der Waals surface area contributed by atoms with E-state index in [1.165, 1.54) is 7.11 Å². The van der Waals surface area contributed by atoms with Crippen molar-refractivity contribution in [2.24, 2.45) is 23.5 Å². The molecule has 3 atom stereocenters. The van der Waals surface area contributed by atoms with E-state index in [0.29, 0.717) is 12.8 Å². The number of carbonyl (C=O) groups excluding carboxylic acids is 2. The van der Waals surface area contributed by atoms with Gasteiger partial charge in [-0.2, -0.15) is 0 Å². The highest BCUT2D eigenvalue weighted by molar-refractivity contribution is 7.58. The van der Waals surface area contributed by atoms with Crippen LogP contribution in [0.25, 0.3) is 0 Å². The number of carboxylic acids is 1. The molecule has 0 heterocycles. The number of nitrogens with one attached hydrogen (secondary N) is 2. The molecule has 0 saturated carbocycles. The molecule has 0 spiro atoms. The lowest BCUT2D eigenvalue weighted by Gasteiger charge is -2.26. The fraction of sp³-hybridized carbons (Fsp3) is 0.833. The second-order valence-corrected chi connectivity index (χ2v) is 10.2. The molecule has 2 unspecified atom stereocenters. The molecule has 0 fully saturated rings. The largest absolute Gasteiger partial charge is 0.481 e. The zero-order valence-electron chi connectivity index (χ0n) is 18.2. The maximum atomic E-state index is 12.7. The summed E-state index contributed by atoms with van der Waals surface area (Å²) in [7, 11) is -0.139.